The highest BCUT2D eigenvalue weighted by Gasteiger charge is 2.10. The fourth-order valence-electron chi connectivity index (χ4n) is 1.39. The molecule has 2 heterocycles. The summed E-state index contributed by atoms with van der Waals surface area (Å²) in [4.78, 5) is 28.7. The lowest BCUT2D eigenvalue weighted by Crippen LogP contribution is -2.16. The molecule has 0 aliphatic carbocycles. The number of nitrogens with zero attached hydrogens (tertiary/aromatic N) is 1. The Kier molecular flexibility index (Phi) is 3.28. The number of aromatic nitrogens is 2. The Bertz CT molecular complexity index is 633. The summed E-state index contributed by atoms with van der Waals surface area (Å²) in [6, 6.07) is 1.45. The topological polar surface area (TPSA) is 127 Å². The van der Waals surface area contributed by atoms with Gasteiger partial charge in [0.15, 0.2) is 0 Å². The Morgan fingerprint density at radius 2 is 2.33 bits per heavy atom. The highest BCUT2D eigenvalue weighted by Crippen LogP contribution is 2.15. The van der Waals surface area contributed by atoms with Crippen molar-refractivity contribution in [3.05, 3.63) is 38.6 Å². The molecular weight excluding hydrogens is 254 g/mol. The molecule has 6 N–H and O–H groups in total. The Morgan fingerprint density at radius 1 is 1.56 bits per heavy atom. The quantitative estimate of drug-likeness (QED) is 0.624. The van der Waals surface area contributed by atoms with Crippen LogP contribution in [0.1, 0.15) is 16.1 Å². The lowest BCUT2D eigenvalue weighted by molar-refractivity contribution is 0.100. The molecule has 7 nitrogen and oxygen atoms in total. The number of carbonyl (C=O) groups is 1. The second-order valence-corrected chi connectivity index (χ2v) is 4.40. The third kappa shape index (κ3) is 2.66. The number of pyridine rings is 1. The van der Waals surface area contributed by atoms with Gasteiger partial charge in [-0.3, -0.25) is 9.59 Å². The minimum atomic E-state index is -0.615. The van der Waals surface area contributed by atoms with Crippen LogP contribution in [0.4, 0.5) is 11.5 Å². The van der Waals surface area contributed by atoms with Gasteiger partial charge in [-0.15, -0.1) is 0 Å². The zero-order valence-electron chi connectivity index (χ0n) is 9.27. The van der Waals surface area contributed by atoms with E-state index in [9.17, 15) is 9.59 Å². The molecule has 0 saturated carbocycles. The molecule has 0 unspecified atom stereocenters. The Labute approximate surface area is 106 Å². The molecule has 0 spiro atoms. The Hall–Kier alpha value is -2.35. The van der Waals surface area contributed by atoms with Gasteiger partial charge >= 0.3 is 4.87 Å². The standard InChI is InChI=1S/C10H11N5O2S/c11-5-1-7(8(12)16)9(13-2-5)14-3-6-4-18-10(17)15-6/h1-2,4H,3,11H2,(H2,12,16)(H,13,14)(H,15,17). The van der Waals surface area contributed by atoms with Gasteiger partial charge in [0.2, 0.25) is 0 Å². The summed E-state index contributed by atoms with van der Waals surface area (Å²) in [6.07, 6.45) is 1.42. The molecule has 94 valence electrons. The van der Waals surface area contributed by atoms with E-state index in [-0.39, 0.29) is 10.4 Å². The number of carbonyl (C=O) groups excluding carboxylic acids is 1. The van der Waals surface area contributed by atoms with Crippen molar-refractivity contribution in [2.45, 2.75) is 6.54 Å². The molecule has 0 aliphatic rings. The fraction of sp³-hybridized carbons (Fsp3) is 0.100. The summed E-state index contributed by atoms with van der Waals surface area (Å²) in [7, 11) is 0. The molecule has 0 saturated heterocycles. The van der Waals surface area contributed by atoms with Crippen molar-refractivity contribution in [2.24, 2.45) is 5.73 Å². The summed E-state index contributed by atoms with van der Waals surface area (Å²) >= 11 is 1.07. The molecule has 18 heavy (non-hydrogen) atoms. The number of nitrogens with two attached hydrogens (primary N) is 2. The highest BCUT2D eigenvalue weighted by molar-refractivity contribution is 7.07. The molecule has 2 rings (SSSR count). The van der Waals surface area contributed by atoms with Crippen LogP contribution >= 0.6 is 11.3 Å². The predicted octanol–water partition coefficient (Wildman–Crippen LogP) is 0.125. The smallest absolute Gasteiger partial charge is 0.304 e. The third-order valence-corrected chi connectivity index (χ3v) is 2.91. The van der Waals surface area contributed by atoms with Crippen LogP contribution in [0.3, 0.4) is 0 Å². The third-order valence-electron chi connectivity index (χ3n) is 2.19. The summed E-state index contributed by atoms with van der Waals surface area (Å²) in [5.41, 5.74) is 12.0. The average molecular weight is 265 g/mol. The first-order chi connectivity index (χ1) is 8.56. The maximum absolute atomic E-state index is 11.2. The van der Waals surface area contributed by atoms with Gasteiger partial charge in [-0.25, -0.2) is 4.98 Å². The van der Waals surface area contributed by atoms with E-state index in [0.29, 0.717) is 23.7 Å². The molecule has 0 aromatic carbocycles. The molecule has 8 heteroatoms. The van der Waals surface area contributed by atoms with E-state index in [0.717, 1.165) is 11.3 Å². The number of primary amides is 1. The average Bonchev–Trinajstić information content (AvgIpc) is 2.73. The van der Waals surface area contributed by atoms with Gasteiger partial charge in [-0.05, 0) is 6.07 Å². The first-order valence-corrected chi connectivity index (χ1v) is 5.90. The number of amides is 1. The SMILES string of the molecule is NC(=O)c1cc(N)cnc1NCc1csc(=O)[nH]1. The van der Waals surface area contributed by atoms with Crippen molar-refractivity contribution < 1.29 is 4.79 Å². The number of rotatable bonds is 4. The number of nitrogen functional groups attached to an aromatic ring is 1. The summed E-state index contributed by atoms with van der Waals surface area (Å²) in [6.45, 7) is 0.343. The van der Waals surface area contributed by atoms with Gasteiger partial charge in [-0.2, -0.15) is 0 Å². The highest BCUT2D eigenvalue weighted by atomic mass is 32.1. The molecule has 1 amide bonds. The normalized spacial score (nSPS) is 10.2. The van der Waals surface area contributed by atoms with Gasteiger partial charge in [0.25, 0.3) is 5.91 Å². The van der Waals surface area contributed by atoms with E-state index in [2.05, 4.69) is 15.3 Å². The van der Waals surface area contributed by atoms with Crippen LogP contribution in [0.5, 0.6) is 0 Å². The van der Waals surface area contributed by atoms with Crippen LogP contribution in [0, 0.1) is 0 Å². The lowest BCUT2D eigenvalue weighted by Gasteiger charge is -2.08. The molecule has 2 aromatic heterocycles. The van der Waals surface area contributed by atoms with E-state index >= 15 is 0 Å². The van der Waals surface area contributed by atoms with Gasteiger partial charge < -0.3 is 21.8 Å². The van der Waals surface area contributed by atoms with Gasteiger partial charge in [0, 0.05) is 11.1 Å². The van der Waals surface area contributed by atoms with Crippen molar-refractivity contribution in [3.63, 3.8) is 0 Å². The monoisotopic (exact) mass is 265 g/mol. The van der Waals surface area contributed by atoms with Crippen LogP contribution in [0.2, 0.25) is 0 Å². The van der Waals surface area contributed by atoms with Crippen LogP contribution in [0.15, 0.2) is 22.4 Å². The second-order valence-electron chi connectivity index (χ2n) is 3.56. The van der Waals surface area contributed by atoms with E-state index in [1.807, 2.05) is 0 Å². The minimum Gasteiger partial charge on any atom is -0.397 e. The fourth-order valence-corrected chi connectivity index (χ4v) is 1.97. The van der Waals surface area contributed by atoms with E-state index in [4.69, 9.17) is 11.5 Å². The van der Waals surface area contributed by atoms with Crippen LogP contribution in [-0.4, -0.2) is 15.9 Å². The zero-order chi connectivity index (χ0) is 13.1. The van der Waals surface area contributed by atoms with Gasteiger partial charge in [0.1, 0.15) is 5.82 Å². The maximum atomic E-state index is 11.2. The largest absolute Gasteiger partial charge is 0.397 e. The second kappa shape index (κ2) is 4.88. The van der Waals surface area contributed by atoms with Crippen LogP contribution < -0.4 is 21.7 Å². The molecule has 2 aromatic rings. The maximum Gasteiger partial charge on any atom is 0.304 e. The molecule has 0 radical (unpaired) electrons. The van der Waals surface area contributed by atoms with E-state index < -0.39 is 5.91 Å². The predicted molar refractivity (Wildman–Crippen MR) is 69.4 cm³/mol. The number of thiazole rings is 1. The van der Waals surface area contributed by atoms with Crippen molar-refractivity contribution in [2.75, 3.05) is 11.1 Å². The molecule has 0 bridgehead atoms. The summed E-state index contributed by atoms with van der Waals surface area (Å²) in [5, 5.41) is 4.61. The number of anilines is 2. The number of nitrogens with one attached hydrogen (secondary N) is 2. The minimum absolute atomic E-state index is 0.132. The van der Waals surface area contributed by atoms with Crippen LogP contribution in [-0.2, 0) is 6.54 Å². The van der Waals surface area contributed by atoms with Crippen molar-refractivity contribution in [1.82, 2.24) is 9.97 Å². The lowest BCUT2D eigenvalue weighted by atomic mass is 10.2. The molecule has 0 fully saturated rings. The number of hydrogen-bond donors (Lipinski definition) is 4. The Morgan fingerprint density at radius 3 is 2.94 bits per heavy atom. The van der Waals surface area contributed by atoms with Crippen LogP contribution in [0.25, 0.3) is 0 Å². The van der Waals surface area contributed by atoms with Gasteiger partial charge in [0.05, 0.1) is 24.0 Å². The van der Waals surface area contributed by atoms with E-state index in [1.54, 1.807) is 5.38 Å². The first kappa shape index (κ1) is 12.1. The Balaban J connectivity index is 2.18. The zero-order valence-corrected chi connectivity index (χ0v) is 10.1. The first-order valence-electron chi connectivity index (χ1n) is 5.02. The van der Waals surface area contributed by atoms with Crippen molar-refractivity contribution >= 4 is 28.7 Å². The number of H-pyrrole nitrogens is 1. The number of hydrogen-bond acceptors (Lipinski definition) is 6. The van der Waals surface area contributed by atoms with Crippen molar-refractivity contribution in [1.29, 1.82) is 0 Å². The van der Waals surface area contributed by atoms with Crippen molar-refractivity contribution in [3.8, 4) is 0 Å². The van der Waals surface area contributed by atoms with Gasteiger partial charge in [-0.1, -0.05) is 11.3 Å². The number of aromatic amines is 1. The summed E-state index contributed by atoms with van der Waals surface area (Å²) < 4.78 is 0. The summed E-state index contributed by atoms with van der Waals surface area (Å²) in [5.74, 6) is -0.278. The molecule has 0 atom stereocenters. The van der Waals surface area contributed by atoms with E-state index in [1.165, 1.54) is 12.3 Å². The molecular formula is C10H11N5O2S. The molecule has 0 aliphatic heterocycles.